The first-order valence-corrected chi connectivity index (χ1v) is 11.8. The van der Waals surface area contributed by atoms with Crippen molar-refractivity contribution in [3.8, 4) is 0 Å². The summed E-state index contributed by atoms with van der Waals surface area (Å²) in [6.45, 7) is 5.74. The number of thioether (sulfide) groups is 1. The van der Waals surface area contributed by atoms with Crippen molar-refractivity contribution in [2.24, 2.45) is 17.8 Å². The number of nitrogens with one attached hydrogen (secondary N) is 2. The van der Waals surface area contributed by atoms with E-state index in [4.69, 9.17) is 0 Å². The number of amides is 1. The van der Waals surface area contributed by atoms with Crippen LogP contribution in [0.25, 0.3) is 0 Å². The van der Waals surface area contributed by atoms with Gasteiger partial charge >= 0.3 is 0 Å². The molecule has 28 heavy (non-hydrogen) atoms. The molecule has 1 aromatic rings. The highest BCUT2D eigenvalue weighted by Crippen LogP contribution is 2.54. The molecule has 4 aliphatic carbocycles. The van der Waals surface area contributed by atoms with Gasteiger partial charge in [-0.1, -0.05) is 11.8 Å². The number of carbonyl (C=O) groups is 1. The molecule has 2 N–H and O–H groups in total. The van der Waals surface area contributed by atoms with Gasteiger partial charge in [0.15, 0.2) is 5.16 Å². The maximum atomic E-state index is 12.7. The molecule has 5 aliphatic rings. The van der Waals surface area contributed by atoms with Crippen LogP contribution in [0.4, 0.5) is 0 Å². The van der Waals surface area contributed by atoms with E-state index in [1.54, 1.807) is 11.8 Å². The van der Waals surface area contributed by atoms with Crippen molar-refractivity contribution in [3.63, 3.8) is 0 Å². The van der Waals surface area contributed by atoms with Gasteiger partial charge in [0.25, 0.3) is 5.56 Å². The summed E-state index contributed by atoms with van der Waals surface area (Å²) in [5, 5.41) is 0.538. The smallest absolute Gasteiger partial charge is 0.251 e. The van der Waals surface area contributed by atoms with Crippen LogP contribution in [-0.4, -0.2) is 58.2 Å². The molecule has 4 bridgehead atoms. The number of hydrogen-bond donors (Lipinski definition) is 2. The standard InChI is InChI=1S/C21H30N4O2S/c1-14-6-18(26)23-20(22-14)28-13-19(27)24-2-4-25(5-3-24)21-10-15-7-16(11-21)9-17(8-15)12-21/h6,15-17H,2-5,7-13H2,1H3,(H,22,23,26)/p+1. The van der Waals surface area contributed by atoms with Crippen LogP contribution in [-0.2, 0) is 4.79 Å². The SMILES string of the molecule is Cc1cc(=O)[nH]c(SCC(=O)N2CC[NH+](C34CC5CC(CC(C5)C3)C4)CC2)n1. The fourth-order valence-corrected chi connectivity index (χ4v) is 7.77. The molecule has 5 fully saturated rings. The number of nitrogens with zero attached hydrogens (tertiary/aromatic N) is 2. The van der Waals surface area contributed by atoms with E-state index < -0.39 is 0 Å². The van der Waals surface area contributed by atoms with Gasteiger partial charge in [-0.25, -0.2) is 4.98 Å². The molecule has 2 heterocycles. The minimum Gasteiger partial charge on any atom is -0.331 e. The Bertz CT molecular complexity index is 780. The molecule has 1 amide bonds. The van der Waals surface area contributed by atoms with Crippen LogP contribution in [0.15, 0.2) is 16.0 Å². The van der Waals surface area contributed by atoms with E-state index in [-0.39, 0.29) is 11.5 Å². The zero-order valence-corrected chi connectivity index (χ0v) is 17.5. The Kier molecular flexibility index (Phi) is 4.78. The van der Waals surface area contributed by atoms with E-state index >= 15 is 0 Å². The number of aromatic nitrogens is 2. The minimum atomic E-state index is -0.157. The van der Waals surface area contributed by atoms with Crippen molar-refractivity contribution in [1.82, 2.24) is 14.9 Å². The molecule has 0 unspecified atom stereocenters. The molecule has 1 saturated heterocycles. The van der Waals surface area contributed by atoms with Crippen molar-refractivity contribution in [2.45, 2.75) is 56.1 Å². The van der Waals surface area contributed by atoms with Crippen LogP contribution >= 0.6 is 11.8 Å². The molecular formula is C21H31N4O2S+. The number of piperazine rings is 1. The van der Waals surface area contributed by atoms with Crippen molar-refractivity contribution < 1.29 is 9.69 Å². The Labute approximate surface area is 170 Å². The summed E-state index contributed by atoms with van der Waals surface area (Å²) in [4.78, 5) is 35.0. The Balaban J connectivity index is 1.16. The predicted molar refractivity (Wildman–Crippen MR) is 108 cm³/mol. The zero-order valence-electron chi connectivity index (χ0n) is 16.7. The highest BCUT2D eigenvalue weighted by molar-refractivity contribution is 7.99. The fourth-order valence-electron chi connectivity index (χ4n) is 6.94. The van der Waals surface area contributed by atoms with E-state index in [2.05, 4.69) is 9.97 Å². The predicted octanol–water partition coefficient (Wildman–Crippen LogP) is 0.866. The second kappa shape index (κ2) is 7.17. The number of H-pyrrole nitrogens is 1. The lowest BCUT2D eigenvalue weighted by Gasteiger charge is -2.59. The lowest BCUT2D eigenvalue weighted by atomic mass is 9.52. The second-order valence-corrected chi connectivity index (χ2v) is 10.6. The van der Waals surface area contributed by atoms with Crippen molar-refractivity contribution in [3.05, 3.63) is 22.1 Å². The average molecular weight is 404 g/mol. The summed E-state index contributed by atoms with van der Waals surface area (Å²) in [5.74, 6) is 3.47. The molecule has 6 nitrogen and oxygen atoms in total. The Morgan fingerprint density at radius 3 is 2.39 bits per heavy atom. The fraction of sp³-hybridized carbons (Fsp3) is 0.762. The number of rotatable bonds is 4. The van der Waals surface area contributed by atoms with Gasteiger partial charge in [-0.15, -0.1) is 0 Å². The summed E-state index contributed by atoms with van der Waals surface area (Å²) in [6, 6.07) is 1.47. The van der Waals surface area contributed by atoms with Gasteiger partial charge in [-0.3, -0.25) is 9.59 Å². The van der Waals surface area contributed by atoms with E-state index in [0.717, 1.165) is 43.9 Å². The second-order valence-electron chi connectivity index (χ2n) is 9.66. The van der Waals surface area contributed by atoms with Crippen LogP contribution in [0.1, 0.15) is 44.2 Å². The largest absolute Gasteiger partial charge is 0.331 e. The van der Waals surface area contributed by atoms with Crippen LogP contribution in [0.5, 0.6) is 0 Å². The number of carbonyl (C=O) groups excluding carboxylic acids is 1. The number of quaternary nitrogens is 1. The third kappa shape index (κ3) is 3.52. The van der Waals surface area contributed by atoms with Crippen molar-refractivity contribution >= 4 is 17.7 Å². The molecule has 0 aromatic carbocycles. The van der Waals surface area contributed by atoms with Gasteiger partial charge < -0.3 is 14.8 Å². The molecule has 1 aromatic heterocycles. The molecule has 152 valence electrons. The van der Waals surface area contributed by atoms with E-state index in [9.17, 15) is 9.59 Å². The number of aryl methyl sites for hydroxylation is 1. The molecule has 6 rings (SSSR count). The van der Waals surface area contributed by atoms with Crippen LogP contribution in [0.3, 0.4) is 0 Å². The number of hydrogen-bond acceptors (Lipinski definition) is 4. The molecule has 7 heteroatoms. The van der Waals surface area contributed by atoms with Gasteiger partial charge in [0, 0.05) is 31.0 Å². The first kappa shape index (κ1) is 18.7. The molecular weight excluding hydrogens is 372 g/mol. The van der Waals surface area contributed by atoms with Gasteiger partial charge in [-0.2, -0.15) is 0 Å². The van der Waals surface area contributed by atoms with Crippen molar-refractivity contribution in [1.29, 1.82) is 0 Å². The van der Waals surface area contributed by atoms with Crippen LogP contribution in [0, 0.1) is 24.7 Å². The van der Waals surface area contributed by atoms with E-state index in [1.165, 1.54) is 56.4 Å². The monoisotopic (exact) mass is 403 g/mol. The average Bonchev–Trinajstić information content (AvgIpc) is 2.64. The third-order valence-corrected chi connectivity index (χ3v) is 8.55. The zero-order chi connectivity index (χ0) is 19.3. The Morgan fingerprint density at radius 1 is 1.21 bits per heavy atom. The molecule has 0 radical (unpaired) electrons. The first-order chi connectivity index (χ1) is 13.5. The normalized spacial score (nSPS) is 34.8. The molecule has 4 saturated carbocycles. The maximum Gasteiger partial charge on any atom is 0.251 e. The minimum absolute atomic E-state index is 0.157. The third-order valence-electron chi connectivity index (χ3n) is 7.69. The first-order valence-electron chi connectivity index (χ1n) is 10.8. The summed E-state index contributed by atoms with van der Waals surface area (Å²) < 4.78 is 0. The maximum absolute atomic E-state index is 12.7. The molecule has 0 atom stereocenters. The quantitative estimate of drug-likeness (QED) is 0.578. The highest BCUT2D eigenvalue weighted by atomic mass is 32.2. The van der Waals surface area contributed by atoms with Gasteiger partial charge in [-0.05, 0) is 43.9 Å². The lowest BCUT2D eigenvalue weighted by molar-refractivity contribution is -0.962. The topological polar surface area (TPSA) is 70.5 Å². The number of aromatic amines is 1. The summed E-state index contributed by atoms with van der Waals surface area (Å²) in [7, 11) is 0. The Morgan fingerprint density at radius 2 is 1.82 bits per heavy atom. The van der Waals surface area contributed by atoms with E-state index in [0.29, 0.717) is 22.1 Å². The highest BCUT2D eigenvalue weighted by Gasteiger charge is 2.56. The van der Waals surface area contributed by atoms with Crippen LogP contribution in [0.2, 0.25) is 0 Å². The Hall–Kier alpha value is -1.34. The summed E-state index contributed by atoms with van der Waals surface area (Å²) in [5.41, 5.74) is 1.06. The van der Waals surface area contributed by atoms with Crippen molar-refractivity contribution in [2.75, 3.05) is 31.9 Å². The lowest BCUT2D eigenvalue weighted by Crippen LogP contribution is -3.23. The van der Waals surface area contributed by atoms with Gasteiger partial charge in [0.05, 0.1) is 37.5 Å². The van der Waals surface area contributed by atoms with Crippen LogP contribution < -0.4 is 10.5 Å². The molecule has 0 spiro atoms. The van der Waals surface area contributed by atoms with Gasteiger partial charge in [0.1, 0.15) is 0 Å². The molecule has 1 aliphatic heterocycles. The summed E-state index contributed by atoms with van der Waals surface area (Å²) in [6.07, 6.45) is 8.77. The van der Waals surface area contributed by atoms with Gasteiger partial charge in [0.2, 0.25) is 5.91 Å². The summed E-state index contributed by atoms with van der Waals surface area (Å²) >= 11 is 1.33. The van der Waals surface area contributed by atoms with E-state index in [1.807, 2.05) is 4.90 Å².